The van der Waals surface area contributed by atoms with Gasteiger partial charge in [-0.05, 0) is 13.6 Å². The molecular weight excluding hydrogens is 385 g/mol. The van der Waals surface area contributed by atoms with E-state index in [0.29, 0.717) is 6.42 Å². The molecule has 0 unspecified atom stereocenters. The second-order valence-corrected chi connectivity index (χ2v) is 3.93. The number of piperazine rings is 1. The van der Waals surface area contributed by atoms with Gasteiger partial charge in [0.2, 0.25) is 0 Å². The zero-order chi connectivity index (χ0) is 11.5. The van der Waals surface area contributed by atoms with Crippen molar-refractivity contribution in [2.24, 2.45) is 0 Å². The molecule has 3 nitrogen and oxygen atoms in total. The SMILES string of the molecule is [Au].[CH2-]CCCN1CCN(C)CC1.[CH2-]CCO. The molecule has 1 N–H and O–H groups in total. The van der Waals surface area contributed by atoms with E-state index < -0.39 is 0 Å². The van der Waals surface area contributed by atoms with Crippen molar-refractivity contribution < 1.29 is 27.5 Å². The minimum absolute atomic E-state index is 0. The molecule has 1 aliphatic heterocycles. The van der Waals surface area contributed by atoms with Gasteiger partial charge in [-0.15, -0.1) is 0 Å². The Morgan fingerprint density at radius 3 is 1.94 bits per heavy atom. The smallest absolute Gasteiger partial charge is 0.0159 e. The van der Waals surface area contributed by atoms with E-state index in [2.05, 4.69) is 30.7 Å². The van der Waals surface area contributed by atoms with E-state index in [0.717, 1.165) is 6.42 Å². The van der Waals surface area contributed by atoms with Crippen LogP contribution in [0.5, 0.6) is 0 Å². The molecule has 0 spiro atoms. The van der Waals surface area contributed by atoms with Gasteiger partial charge in [0.15, 0.2) is 0 Å². The van der Waals surface area contributed by atoms with Crippen LogP contribution in [0.15, 0.2) is 0 Å². The quantitative estimate of drug-likeness (QED) is 0.554. The van der Waals surface area contributed by atoms with Gasteiger partial charge in [0.05, 0.1) is 0 Å². The van der Waals surface area contributed by atoms with E-state index in [9.17, 15) is 0 Å². The Morgan fingerprint density at radius 1 is 1.06 bits per heavy atom. The average molecular weight is 411 g/mol. The maximum Gasteiger partial charge on any atom is 0.0159 e. The summed E-state index contributed by atoms with van der Waals surface area (Å²) >= 11 is 0. The summed E-state index contributed by atoms with van der Waals surface area (Å²) in [6.07, 6.45) is 2.95. The topological polar surface area (TPSA) is 26.7 Å². The largest absolute Gasteiger partial charge is 0.399 e. The fourth-order valence-corrected chi connectivity index (χ4v) is 1.41. The van der Waals surface area contributed by atoms with Crippen LogP contribution in [0.4, 0.5) is 0 Å². The number of likely N-dealkylation sites (N-methyl/N-ethyl adjacent to an activating group) is 1. The molecule has 16 heavy (non-hydrogen) atoms. The van der Waals surface area contributed by atoms with E-state index >= 15 is 0 Å². The first-order chi connectivity index (χ1) is 7.24. The Bertz CT molecular complexity index is 123. The molecule has 0 saturated carbocycles. The third kappa shape index (κ3) is 11.1. The minimum atomic E-state index is 0. The molecule has 0 amide bonds. The van der Waals surface area contributed by atoms with Crippen molar-refractivity contribution in [3.8, 4) is 0 Å². The standard InChI is InChI=1S/C9H19N2.C3H7O.Au/c1-3-4-5-11-8-6-10(2)7-9-11;1-2-3-4;/h1,3-9H2,2H3;4H,1-3H2;/q2*-1;. The summed E-state index contributed by atoms with van der Waals surface area (Å²) in [6.45, 7) is 13.6. The summed E-state index contributed by atoms with van der Waals surface area (Å²) in [7, 11) is 2.19. The second-order valence-electron chi connectivity index (χ2n) is 3.93. The van der Waals surface area contributed by atoms with Crippen LogP contribution >= 0.6 is 0 Å². The van der Waals surface area contributed by atoms with E-state index in [1.165, 1.54) is 39.1 Å². The van der Waals surface area contributed by atoms with Gasteiger partial charge < -0.3 is 28.8 Å². The van der Waals surface area contributed by atoms with Crippen molar-refractivity contribution in [3.05, 3.63) is 13.8 Å². The maximum atomic E-state index is 7.81. The minimum Gasteiger partial charge on any atom is -0.399 e. The van der Waals surface area contributed by atoms with Gasteiger partial charge in [0.1, 0.15) is 0 Å². The van der Waals surface area contributed by atoms with Crippen LogP contribution in [-0.2, 0) is 22.4 Å². The van der Waals surface area contributed by atoms with E-state index in [4.69, 9.17) is 5.11 Å². The third-order valence-corrected chi connectivity index (χ3v) is 2.48. The zero-order valence-electron chi connectivity index (χ0n) is 10.4. The Labute approximate surface area is 117 Å². The summed E-state index contributed by atoms with van der Waals surface area (Å²) in [5.41, 5.74) is 0. The molecule has 0 aromatic rings. The van der Waals surface area contributed by atoms with E-state index in [-0.39, 0.29) is 29.0 Å². The van der Waals surface area contributed by atoms with Crippen molar-refractivity contribution in [1.29, 1.82) is 0 Å². The van der Waals surface area contributed by atoms with Crippen molar-refractivity contribution in [3.63, 3.8) is 0 Å². The average Bonchev–Trinajstić information content (AvgIpc) is 2.29. The molecule has 1 fully saturated rings. The predicted molar refractivity (Wildman–Crippen MR) is 65.6 cm³/mol. The fourth-order valence-electron chi connectivity index (χ4n) is 1.41. The molecule has 1 aliphatic rings. The molecule has 0 atom stereocenters. The summed E-state index contributed by atoms with van der Waals surface area (Å²) in [4.78, 5) is 4.92. The van der Waals surface area contributed by atoms with Crippen LogP contribution in [0.25, 0.3) is 0 Å². The molecular formula is C12H26AuN2O-2. The first kappa shape index (κ1) is 19.0. The Morgan fingerprint density at radius 2 is 1.56 bits per heavy atom. The third-order valence-electron chi connectivity index (χ3n) is 2.48. The van der Waals surface area contributed by atoms with Gasteiger partial charge in [-0.3, -0.25) is 0 Å². The summed E-state index contributed by atoms with van der Waals surface area (Å²) in [6, 6.07) is 0. The molecule has 1 rings (SSSR count). The van der Waals surface area contributed by atoms with Gasteiger partial charge in [0.25, 0.3) is 0 Å². The fraction of sp³-hybridized carbons (Fsp3) is 0.833. The number of hydrogen-bond acceptors (Lipinski definition) is 3. The predicted octanol–water partition coefficient (Wildman–Crippen LogP) is 1.05. The molecule has 0 bridgehead atoms. The van der Waals surface area contributed by atoms with Crippen molar-refractivity contribution in [2.75, 3.05) is 46.4 Å². The van der Waals surface area contributed by atoms with E-state index in [1.54, 1.807) is 0 Å². The molecule has 1 radical (unpaired) electrons. The molecule has 4 heteroatoms. The Balaban J connectivity index is 0. The van der Waals surface area contributed by atoms with Gasteiger partial charge in [-0.2, -0.15) is 12.8 Å². The molecule has 0 aliphatic carbocycles. The number of aliphatic hydroxyl groups is 1. The number of aliphatic hydroxyl groups excluding tert-OH is 1. The van der Waals surface area contributed by atoms with Crippen LogP contribution < -0.4 is 0 Å². The maximum absolute atomic E-state index is 7.81. The molecule has 1 heterocycles. The second kappa shape index (κ2) is 13.7. The molecule has 103 valence electrons. The first-order valence-corrected chi connectivity index (χ1v) is 5.84. The van der Waals surface area contributed by atoms with Gasteiger partial charge in [-0.1, -0.05) is 6.42 Å². The first-order valence-electron chi connectivity index (χ1n) is 5.84. The monoisotopic (exact) mass is 411 g/mol. The summed E-state index contributed by atoms with van der Waals surface area (Å²) < 4.78 is 0. The van der Waals surface area contributed by atoms with Crippen molar-refractivity contribution in [2.45, 2.75) is 19.3 Å². The summed E-state index contributed by atoms with van der Waals surface area (Å²) in [5.74, 6) is 0. The van der Waals surface area contributed by atoms with Crippen molar-refractivity contribution >= 4 is 0 Å². The molecule has 0 aromatic heterocycles. The van der Waals surface area contributed by atoms with Gasteiger partial charge in [0, 0.05) is 55.2 Å². The van der Waals surface area contributed by atoms with Crippen LogP contribution in [0.3, 0.4) is 0 Å². The number of unbranched alkanes of at least 4 members (excludes halogenated alkanes) is 1. The molecule has 0 aromatic carbocycles. The van der Waals surface area contributed by atoms with Gasteiger partial charge in [-0.25, -0.2) is 0 Å². The van der Waals surface area contributed by atoms with Crippen molar-refractivity contribution in [1.82, 2.24) is 9.80 Å². The normalized spacial score (nSPS) is 17.2. The summed E-state index contributed by atoms with van der Waals surface area (Å²) in [5, 5.41) is 7.81. The van der Waals surface area contributed by atoms with Gasteiger partial charge >= 0.3 is 0 Å². The number of hydrogen-bond donors (Lipinski definition) is 1. The van der Waals surface area contributed by atoms with Crippen LogP contribution in [0, 0.1) is 13.8 Å². The number of nitrogens with zero attached hydrogens (tertiary/aromatic N) is 2. The van der Waals surface area contributed by atoms with Crippen LogP contribution in [0.2, 0.25) is 0 Å². The Kier molecular flexibility index (Phi) is 16.2. The Hall–Kier alpha value is 0.620. The zero-order valence-corrected chi connectivity index (χ0v) is 12.6. The molecule has 1 saturated heterocycles. The number of rotatable bonds is 4. The van der Waals surface area contributed by atoms with Crippen LogP contribution in [-0.4, -0.2) is 61.3 Å². The van der Waals surface area contributed by atoms with E-state index in [1.807, 2.05) is 0 Å². The van der Waals surface area contributed by atoms with Crippen LogP contribution in [0.1, 0.15) is 19.3 Å².